The Morgan fingerprint density at radius 2 is 2.04 bits per heavy atom. The number of piperidine rings is 1. The number of carbonyl (C=O) groups excluding carboxylic acids is 1. The number of Topliss-reactive ketones (excluding diaryl/α,β-unsaturated/α-hetero) is 1. The molecule has 1 heterocycles. The van der Waals surface area contributed by atoms with Crippen LogP contribution in [0.4, 0.5) is 0 Å². The van der Waals surface area contributed by atoms with Crippen molar-refractivity contribution in [1.82, 2.24) is 5.32 Å². The third kappa shape index (κ3) is 1.60. The lowest BCUT2D eigenvalue weighted by Gasteiger charge is -2.58. The van der Waals surface area contributed by atoms with E-state index in [9.17, 15) is 9.90 Å². The summed E-state index contributed by atoms with van der Waals surface area (Å²) in [6.07, 6.45) is 10.2. The van der Waals surface area contributed by atoms with E-state index in [1.807, 2.05) is 0 Å². The molecule has 3 heteroatoms. The van der Waals surface area contributed by atoms with E-state index in [1.165, 1.54) is 31.3 Å². The van der Waals surface area contributed by atoms with Gasteiger partial charge in [0.05, 0.1) is 11.6 Å². The van der Waals surface area contributed by atoms with Crippen molar-refractivity contribution < 1.29 is 9.90 Å². The normalized spacial score (nSPS) is 58.0. The van der Waals surface area contributed by atoms with Crippen LogP contribution in [0.5, 0.6) is 0 Å². The van der Waals surface area contributed by atoms with Crippen molar-refractivity contribution in [3.8, 4) is 0 Å². The minimum atomic E-state index is -0.198. The van der Waals surface area contributed by atoms with Crippen molar-refractivity contribution in [2.24, 2.45) is 28.6 Å². The van der Waals surface area contributed by atoms with Crippen LogP contribution >= 0.6 is 0 Å². The number of rotatable bonds is 1. The van der Waals surface area contributed by atoms with E-state index < -0.39 is 0 Å². The molecule has 0 amide bonds. The van der Waals surface area contributed by atoms with E-state index in [-0.39, 0.29) is 17.1 Å². The van der Waals surface area contributed by atoms with Crippen molar-refractivity contribution >= 4 is 5.78 Å². The van der Waals surface area contributed by atoms with Crippen LogP contribution in [0, 0.1) is 28.6 Å². The maximum absolute atomic E-state index is 12.5. The number of aliphatic hydroxyl groups excluding tert-OH is 1. The van der Waals surface area contributed by atoms with Gasteiger partial charge in [0.15, 0.2) is 5.78 Å². The van der Waals surface area contributed by atoms with E-state index in [4.69, 9.17) is 0 Å². The fraction of sp³-hybridized carbons (Fsp3) is 0.857. The molecule has 1 aliphatic heterocycles. The topological polar surface area (TPSA) is 59.2 Å². The molecule has 24 heavy (non-hydrogen) atoms. The van der Waals surface area contributed by atoms with Crippen LogP contribution in [-0.4, -0.2) is 28.6 Å². The van der Waals surface area contributed by atoms with Gasteiger partial charge in [-0.2, -0.15) is 0 Å². The van der Waals surface area contributed by atoms with Gasteiger partial charge in [-0.25, -0.2) is 0 Å². The van der Waals surface area contributed by atoms with E-state index in [2.05, 4.69) is 25.2 Å². The first-order chi connectivity index (χ1) is 11.3. The van der Waals surface area contributed by atoms with Crippen molar-refractivity contribution in [1.29, 1.82) is 0 Å². The molecule has 5 aliphatic rings. The zero-order valence-corrected chi connectivity index (χ0v) is 15.3. The van der Waals surface area contributed by atoms with Crippen LogP contribution < -0.4 is 5.32 Å². The second-order valence-electron chi connectivity index (χ2n) is 9.91. The molecule has 0 unspecified atom stereocenters. The summed E-state index contributed by atoms with van der Waals surface area (Å²) in [6.45, 7) is 6.68. The Kier molecular flexibility index (Phi) is 2.94. The van der Waals surface area contributed by atoms with Crippen LogP contribution in [-0.2, 0) is 4.79 Å². The predicted octanol–water partition coefficient (Wildman–Crippen LogP) is 3.22. The van der Waals surface area contributed by atoms with E-state index in [1.54, 1.807) is 6.92 Å². The van der Waals surface area contributed by atoms with Gasteiger partial charge in [0.2, 0.25) is 0 Å². The molecule has 132 valence electrons. The summed E-state index contributed by atoms with van der Waals surface area (Å²) in [5.41, 5.74) is 1.79. The molecule has 3 saturated carbocycles. The second-order valence-corrected chi connectivity index (χ2v) is 9.91. The lowest BCUT2D eigenvalue weighted by molar-refractivity contribution is -0.126. The van der Waals surface area contributed by atoms with Crippen LogP contribution in [0.25, 0.3) is 0 Å². The molecule has 0 spiro atoms. The minimum Gasteiger partial charge on any atom is -0.393 e. The maximum atomic E-state index is 12.5. The molecule has 0 bridgehead atoms. The van der Waals surface area contributed by atoms with Crippen molar-refractivity contribution in [2.75, 3.05) is 0 Å². The Hall–Kier alpha value is -0.670. The Bertz CT molecular complexity index is 642. The molecule has 5 rings (SSSR count). The zero-order chi connectivity index (χ0) is 16.9. The summed E-state index contributed by atoms with van der Waals surface area (Å²) in [5, 5.41) is 13.7. The van der Waals surface area contributed by atoms with Gasteiger partial charge < -0.3 is 5.11 Å². The van der Waals surface area contributed by atoms with E-state index in [0.717, 1.165) is 31.1 Å². The van der Waals surface area contributed by atoms with Crippen LogP contribution in [0.3, 0.4) is 0 Å². The highest BCUT2D eigenvalue weighted by molar-refractivity contribution is 5.92. The average molecular weight is 329 g/mol. The van der Waals surface area contributed by atoms with Crippen molar-refractivity contribution in [3.63, 3.8) is 0 Å². The Morgan fingerprint density at radius 3 is 2.79 bits per heavy atom. The molecule has 3 nitrogen and oxygen atoms in total. The minimum absolute atomic E-state index is 0.126. The molecular weight excluding hydrogens is 298 g/mol. The number of hydrogen-bond acceptors (Lipinski definition) is 3. The quantitative estimate of drug-likeness (QED) is 0.573. The predicted molar refractivity (Wildman–Crippen MR) is 93.4 cm³/mol. The van der Waals surface area contributed by atoms with Crippen LogP contribution in [0.15, 0.2) is 11.6 Å². The SMILES string of the molecule is CC(=O)[C@@]12N[C@@H]1C[C@H]1[C@H]3CC=C4C[C@@H](O)CC[C@]4(C)[C@@H]3CC[C@@]12C. The van der Waals surface area contributed by atoms with Gasteiger partial charge in [0, 0.05) is 6.04 Å². The molecule has 8 atom stereocenters. The summed E-state index contributed by atoms with van der Waals surface area (Å²) in [5.74, 6) is 2.55. The van der Waals surface area contributed by atoms with Gasteiger partial charge in [0.1, 0.15) is 0 Å². The van der Waals surface area contributed by atoms with E-state index in [0.29, 0.717) is 23.2 Å². The maximum Gasteiger partial charge on any atom is 0.151 e. The lowest BCUT2D eigenvalue weighted by Crippen LogP contribution is -2.55. The second kappa shape index (κ2) is 4.54. The molecule has 1 saturated heterocycles. The van der Waals surface area contributed by atoms with Gasteiger partial charge in [-0.3, -0.25) is 10.1 Å². The van der Waals surface area contributed by atoms with Gasteiger partial charge in [0.25, 0.3) is 0 Å². The van der Waals surface area contributed by atoms with Crippen molar-refractivity contribution in [2.45, 2.75) is 83.4 Å². The van der Waals surface area contributed by atoms with Gasteiger partial charge in [-0.05, 0) is 80.5 Å². The smallest absolute Gasteiger partial charge is 0.151 e. The molecule has 2 N–H and O–H groups in total. The molecule has 0 aromatic heterocycles. The number of carbonyl (C=O) groups is 1. The summed E-state index contributed by atoms with van der Waals surface area (Å²) in [7, 11) is 0. The lowest BCUT2D eigenvalue weighted by atomic mass is 9.46. The molecule has 0 aromatic carbocycles. The van der Waals surface area contributed by atoms with Gasteiger partial charge in [-0.1, -0.05) is 25.5 Å². The highest BCUT2D eigenvalue weighted by atomic mass is 16.3. The molecule has 0 aromatic rings. The number of ketones is 1. The van der Waals surface area contributed by atoms with E-state index >= 15 is 0 Å². The number of hydrogen-bond donors (Lipinski definition) is 2. The zero-order valence-electron chi connectivity index (χ0n) is 15.3. The number of fused-ring (bicyclic) bond motifs is 7. The summed E-state index contributed by atoms with van der Waals surface area (Å²) >= 11 is 0. The molecule has 0 radical (unpaired) electrons. The standard InChI is InChI=1S/C21H31NO2/c1-12(23)21-18(22-21)11-17-15-5-4-13-10-14(24)6-8-19(13,2)16(15)7-9-20(17,21)3/h4,14-18,22,24H,5-11H2,1-3H3/t14-,15-,16+,17-,18+,19-,20-,21+/m0/s1. The highest BCUT2D eigenvalue weighted by Gasteiger charge is 2.77. The average Bonchev–Trinajstić information content (AvgIpc) is 3.21. The summed E-state index contributed by atoms with van der Waals surface area (Å²) < 4.78 is 0. The third-order valence-corrected chi connectivity index (χ3v) is 9.25. The molecule has 4 fully saturated rings. The first-order valence-electron chi connectivity index (χ1n) is 9.99. The monoisotopic (exact) mass is 329 g/mol. The first kappa shape index (κ1) is 15.6. The first-order valence-corrected chi connectivity index (χ1v) is 9.99. The molecular formula is C21H31NO2. The number of allylic oxidation sites excluding steroid dienone is 1. The fourth-order valence-electron chi connectivity index (χ4n) is 7.92. The van der Waals surface area contributed by atoms with Gasteiger partial charge in [-0.15, -0.1) is 0 Å². The molecule has 4 aliphatic carbocycles. The number of nitrogens with one attached hydrogen (secondary N) is 1. The third-order valence-electron chi connectivity index (χ3n) is 9.25. The Morgan fingerprint density at radius 1 is 1.25 bits per heavy atom. The highest BCUT2D eigenvalue weighted by Crippen LogP contribution is 2.70. The van der Waals surface area contributed by atoms with Crippen LogP contribution in [0.1, 0.15) is 65.7 Å². The number of aliphatic hydroxyl groups is 1. The summed E-state index contributed by atoms with van der Waals surface area (Å²) in [4.78, 5) is 12.5. The summed E-state index contributed by atoms with van der Waals surface area (Å²) in [6, 6.07) is 0.440. The Balaban J connectivity index is 1.51. The Labute approximate surface area is 145 Å². The van der Waals surface area contributed by atoms with Gasteiger partial charge >= 0.3 is 0 Å². The largest absolute Gasteiger partial charge is 0.393 e. The fourth-order valence-corrected chi connectivity index (χ4v) is 7.92. The van der Waals surface area contributed by atoms with Crippen molar-refractivity contribution in [3.05, 3.63) is 11.6 Å². The van der Waals surface area contributed by atoms with Crippen LogP contribution in [0.2, 0.25) is 0 Å².